The molecule has 0 aromatic carbocycles. The molecule has 2 saturated carbocycles. The lowest BCUT2D eigenvalue weighted by atomic mass is 9.83. The Morgan fingerprint density at radius 1 is 1.06 bits per heavy atom. The first-order valence-corrected chi connectivity index (χ1v) is 7.71. The van der Waals surface area contributed by atoms with Crippen LogP contribution in [-0.4, -0.2) is 23.8 Å². The smallest absolute Gasteiger partial charge is 0.0580 e. The average molecular weight is 239 g/mol. The Labute approximate surface area is 106 Å². The van der Waals surface area contributed by atoms with Crippen molar-refractivity contribution in [1.29, 1.82) is 0 Å². The normalized spacial score (nSPS) is 39.2. The van der Waals surface area contributed by atoms with Crippen LogP contribution in [0.15, 0.2) is 0 Å². The summed E-state index contributed by atoms with van der Waals surface area (Å²) in [7, 11) is 0. The zero-order valence-corrected chi connectivity index (χ0v) is 11.3. The summed E-state index contributed by atoms with van der Waals surface area (Å²) in [4.78, 5) is 0. The van der Waals surface area contributed by atoms with E-state index < -0.39 is 0 Å². The van der Waals surface area contributed by atoms with Crippen LogP contribution in [-0.2, 0) is 0 Å². The van der Waals surface area contributed by atoms with Crippen molar-refractivity contribution < 1.29 is 5.11 Å². The molecule has 100 valence electrons. The van der Waals surface area contributed by atoms with Crippen LogP contribution in [0.4, 0.5) is 0 Å². The molecule has 0 aliphatic heterocycles. The van der Waals surface area contributed by atoms with Crippen LogP contribution < -0.4 is 5.32 Å². The number of nitrogens with one attached hydrogen (secondary N) is 1. The highest BCUT2D eigenvalue weighted by Gasteiger charge is 2.25. The third kappa shape index (κ3) is 3.96. The third-order valence-electron chi connectivity index (χ3n) is 4.90. The van der Waals surface area contributed by atoms with Crippen molar-refractivity contribution in [2.75, 3.05) is 6.54 Å². The van der Waals surface area contributed by atoms with Gasteiger partial charge in [-0.15, -0.1) is 0 Å². The highest BCUT2D eigenvalue weighted by Crippen LogP contribution is 2.28. The maximum Gasteiger partial charge on any atom is 0.0580 e. The van der Waals surface area contributed by atoms with E-state index in [1.807, 2.05) is 0 Å². The van der Waals surface area contributed by atoms with E-state index >= 15 is 0 Å². The van der Waals surface area contributed by atoms with Crippen molar-refractivity contribution in [3.63, 3.8) is 0 Å². The minimum absolute atomic E-state index is 0.0400. The lowest BCUT2D eigenvalue weighted by Crippen LogP contribution is -2.40. The highest BCUT2D eigenvalue weighted by atomic mass is 16.3. The van der Waals surface area contributed by atoms with Gasteiger partial charge < -0.3 is 10.4 Å². The minimum Gasteiger partial charge on any atom is -0.393 e. The van der Waals surface area contributed by atoms with E-state index in [1.165, 1.54) is 51.4 Å². The van der Waals surface area contributed by atoms with Crippen molar-refractivity contribution in [3.8, 4) is 0 Å². The van der Waals surface area contributed by atoms with Gasteiger partial charge in [0.1, 0.15) is 0 Å². The van der Waals surface area contributed by atoms with E-state index in [9.17, 15) is 5.11 Å². The molecule has 0 saturated heterocycles. The first kappa shape index (κ1) is 13.4. The molecule has 2 heteroatoms. The minimum atomic E-state index is -0.0400. The van der Waals surface area contributed by atoms with Gasteiger partial charge in [0.25, 0.3) is 0 Å². The molecule has 2 N–H and O–H groups in total. The summed E-state index contributed by atoms with van der Waals surface area (Å²) < 4.78 is 0. The molecule has 2 fully saturated rings. The number of rotatable bonds is 4. The molecule has 2 nitrogen and oxygen atoms in total. The van der Waals surface area contributed by atoms with Gasteiger partial charge in [-0.2, -0.15) is 0 Å². The summed E-state index contributed by atoms with van der Waals surface area (Å²) >= 11 is 0. The van der Waals surface area contributed by atoms with Crippen molar-refractivity contribution in [1.82, 2.24) is 5.32 Å². The van der Waals surface area contributed by atoms with Crippen molar-refractivity contribution in [2.24, 2.45) is 11.8 Å². The molecular formula is C15H29NO. The molecule has 0 radical (unpaired) electrons. The second kappa shape index (κ2) is 6.75. The molecule has 0 aromatic heterocycles. The number of hydrogen-bond donors (Lipinski definition) is 2. The lowest BCUT2D eigenvalue weighted by molar-refractivity contribution is 0.0665. The summed E-state index contributed by atoms with van der Waals surface area (Å²) in [6.45, 7) is 3.36. The fourth-order valence-electron chi connectivity index (χ4n) is 3.59. The lowest BCUT2D eigenvalue weighted by Gasteiger charge is -2.33. The summed E-state index contributed by atoms with van der Waals surface area (Å²) in [5.74, 6) is 1.46. The Hall–Kier alpha value is -0.0800. The van der Waals surface area contributed by atoms with E-state index in [0.29, 0.717) is 5.92 Å². The second-order valence-corrected chi connectivity index (χ2v) is 6.16. The van der Waals surface area contributed by atoms with E-state index in [-0.39, 0.29) is 6.10 Å². The molecule has 2 rings (SSSR count). The van der Waals surface area contributed by atoms with Crippen LogP contribution in [0.25, 0.3) is 0 Å². The van der Waals surface area contributed by atoms with Gasteiger partial charge in [-0.3, -0.25) is 0 Å². The molecule has 0 spiro atoms. The molecule has 4 atom stereocenters. The standard InChI is InChI=1S/C15H29NO/c1-2-12-6-5-8-14(10-12)16-11-13-7-3-4-9-15(13)17/h12-17H,2-11H2,1H3/t12-,13-,14+,15-/m1/s1. The van der Waals surface area contributed by atoms with Crippen LogP contribution in [0.1, 0.15) is 64.7 Å². The molecule has 0 heterocycles. The third-order valence-corrected chi connectivity index (χ3v) is 4.90. The Kier molecular flexibility index (Phi) is 5.30. The maximum atomic E-state index is 9.96. The molecular weight excluding hydrogens is 210 g/mol. The Morgan fingerprint density at radius 2 is 1.88 bits per heavy atom. The molecule has 0 aromatic rings. The van der Waals surface area contributed by atoms with Crippen LogP contribution in [0.2, 0.25) is 0 Å². The largest absolute Gasteiger partial charge is 0.393 e. The van der Waals surface area contributed by atoms with Gasteiger partial charge in [-0.25, -0.2) is 0 Å². The van der Waals surface area contributed by atoms with Crippen LogP contribution >= 0.6 is 0 Å². The van der Waals surface area contributed by atoms with Crippen LogP contribution in [0.3, 0.4) is 0 Å². The fourth-order valence-corrected chi connectivity index (χ4v) is 3.59. The summed E-state index contributed by atoms with van der Waals surface area (Å²) in [5.41, 5.74) is 0. The van der Waals surface area contributed by atoms with Gasteiger partial charge in [0, 0.05) is 12.6 Å². The molecule has 2 aliphatic rings. The van der Waals surface area contributed by atoms with Gasteiger partial charge in [-0.05, 0) is 37.5 Å². The Bertz CT molecular complexity index is 219. The molecule has 17 heavy (non-hydrogen) atoms. The number of hydrogen-bond acceptors (Lipinski definition) is 2. The van der Waals surface area contributed by atoms with Crippen LogP contribution in [0, 0.1) is 11.8 Å². The van der Waals surface area contributed by atoms with E-state index in [1.54, 1.807) is 0 Å². The molecule has 0 unspecified atom stereocenters. The number of aliphatic hydroxyl groups is 1. The van der Waals surface area contributed by atoms with Crippen LogP contribution in [0.5, 0.6) is 0 Å². The van der Waals surface area contributed by atoms with Gasteiger partial charge in [0.15, 0.2) is 0 Å². The Balaban J connectivity index is 1.69. The monoisotopic (exact) mass is 239 g/mol. The molecule has 2 aliphatic carbocycles. The zero-order valence-electron chi connectivity index (χ0n) is 11.3. The molecule has 0 bridgehead atoms. The quantitative estimate of drug-likeness (QED) is 0.790. The fraction of sp³-hybridized carbons (Fsp3) is 1.00. The van der Waals surface area contributed by atoms with Crippen molar-refractivity contribution >= 4 is 0 Å². The predicted octanol–water partition coefficient (Wildman–Crippen LogP) is 3.10. The molecule has 0 amide bonds. The van der Waals surface area contributed by atoms with Gasteiger partial charge in [0.2, 0.25) is 0 Å². The summed E-state index contributed by atoms with van der Waals surface area (Å²) in [5, 5.41) is 13.7. The summed E-state index contributed by atoms with van der Waals surface area (Å²) in [6, 6.07) is 0.725. The zero-order chi connectivity index (χ0) is 12.1. The topological polar surface area (TPSA) is 32.3 Å². The van der Waals surface area contributed by atoms with Crippen molar-refractivity contribution in [2.45, 2.75) is 76.9 Å². The SMILES string of the molecule is CC[C@@H]1CCC[C@H](NC[C@H]2CCCC[C@H]2O)C1. The predicted molar refractivity (Wildman–Crippen MR) is 72.0 cm³/mol. The summed E-state index contributed by atoms with van der Waals surface area (Å²) in [6.07, 6.45) is 11.6. The first-order chi connectivity index (χ1) is 8.29. The second-order valence-electron chi connectivity index (χ2n) is 6.16. The van der Waals surface area contributed by atoms with E-state index in [0.717, 1.165) is 24.9 Å². The maximum absolute atomic E-state index is 9.96. The van der Waals surface area contributed by atoms with Gasteiger partial charge in [-0.1, -0.05) is 39.0 Å². The highest BCUT2D eigenvalue weighted by molar-refractivity contribution is 4.81. The van der Waals surface area contributed by atoms with E-state index in [4.69, 9.17) is 0 Å². The Morgan fingerprint density at radius 3 is 2.65 bits per heavy atom. The van der Waals surface area contributed by atoms with Gasteiger partial charge in [0.05, 0.1) is 6.10 Å². The first-order valence-electron chi connectivity index (χ1n) is 7.71. The van der Waals surface area contributed by atoms with E-state index in [2.05, 4.69) is 12.2 Å². The number of aliphatic hydroxyl groups excluding tert-OH is 1. The van der Waals surface area contributed by atoms with Crippen molar-refractivity contribution in [3.05, 3.63) is 0 Å². The van der Waals surface area contributed by atoms with Gasteiger partial charge >= 0.3 is 0 Å². The average Bonchev–Trinajstić information content (AvgIpc) is 2.38.